The molecular weight excluding hydrogens is 262 g/mol. The summed E-state index contributed by atoms with van der Waals surface area (Å²) in [6, 6.07) is 6.22. The molecule has 0 aliphatic rings. The van der Waals surface area contributed by atoms with Crippen molar-refractivity contribution >= 4 is 28.5 Å². The minimum Gasteiger partial charge on any atom is -0.355 e. The average Bonchev–Trinajstić information content (AvgIpc) is 2.66. The van der Waals surface area contributed by atoms with Crippen molar-refractivity contribution in [3.8, 4) is 0 Å². The molecule has 0 bridgehead atoms. The Morgan fingerprint density at radius 3 is 2.95 bits per heavy atom. The zero-order valence-corrected chi connectivity index (χ0v) is 12.0. The van der Waals surface area contributed by atoms with Gasteiger partial charge in [0, 0.05) is 32.3 Å². The van der Waals surface area contributed by atoms with Gasteiger partial charge in [0.05, 0.1) is 11.0 Å². The molecule has 19 heavy (non-hydrogen) atoms. The van der Waals surface area contributed by atoms with Gasteiger partial charge in [-0.15, -0.1) is 11.6 Å². The van der Waals surface area contributed by atoms with Crippen molar-refractivity contribution in [3.63, 3.8) is 0 Å². The van der Waals surface area contributed by atoms with Crippen LogP contribution in [0.2, 0.25) is 0 Å². The van der Waals surface area contributed by atoms with Crippen LogP contribution < -0.4 is 5.32 Å². The van der Waals surface area contributed by atoms with E-state index in [0.29, 0.717) is 19.0 Å². The second-order valence-electron chi connectivity index (χ2n) is 4.59. The number of nitrogens with one attached hydrogen (secondary N) is 1. The Labute approximate surface area is 117 Å². The highest BCUT2D eigenvalue weighted by Crippen LogP contribution is 2.18. The number of aryl methyl sites for hydroxylation is 2. The first-order chi connectivity index (χ1) is 9.11. The standard InChI is InChI=1S/C14H18ClN3O/c1-10-3-4-13-12(9-10)17-14(5-6-15)18(13)8-7-16-11(2)19/h3-4,9H,5-8H2,1-2H3,(H,16,19). The lowest BCUT2D eigenvalue weighted by atomic mass is 10.2. The Balaban J connectivity index is 2.31. The molecule has 1 N–H and O–H groups in total. The monoisotopic (exact) mass is 279 g/mol. The number of hydrogen-bond donors (Lipinski definition) is 1. The van der Waals surface area contributed by atoms with E-state index in [1.807, 2.05) is 0 Å². The molecule has 0 unspecified atom stereocenters. The normalized spacial score (nSPS) is 10.9. The zero-order chi connectivity index (χ0) is 13.8. The predicted octanol–water partition coefficient (Wildman–Crippen LogP) is 2.26. The van der Waals surface area contributed by atoms with Crippen molar-refractivity contribution in [2.75, 3.05) is 12.4 Å². The van der Waals surface area contributed by atoms with E-state index in [1.165, 1.54) is 12.5 Å². The van der Waals surface area contributed by atoms with Gasteiger partial charge in [0.2, 0.25) is 5.91 Å². The number of hydrogen-bond acceptors (Lipinski definition) is 2. The molecule has 0 spiro atoms. The van der Waals surface area contributed by atoms with Crippen molar-refractivity contribution < 1.29 is 4.79 Å². The van der Waals surface area contributed by atoms with Crippen LogP contribution in [0.4, 0.5) is 0 Å². The summed E-state index contributed by atoms with van der Waals surface area (Å²) in [6.45, 7) is 4.89. The maximum atomic E-state index is 10.9. The number of nitrogens with zero attached hydrogens (tertiary/aromatic N) is 2. The zero-order valence-electron chi connectivity index (χ0n) is 11.2. The molecule has 0 aliphatic heterocycles. The number of fused-ring (bicyclic) bond motifs is 1. The summed E-state index contributed by atoms with van der Waals surface area (Å²) in [7, 11) is 0. The molecular formula is C14H18ClN3O. The number of benzene rings is 1. The maximum Gasteiger partial charge on any atom is 0.216 e. The van der Waals surface area contributed by atoms with E-state index in [0.717, 1.165) is 23.3 Å². The quantitative estimate of drug-likeness (QED) is 0.854. The molecule has 0 saturated heterocycles. The van der Waals surface area contributed by atoms with E-state index in [1.54, 1.807) is 0 Å². The third-order valence-corrected chi connectivity index (χ3v) is 3.20. The van der Waals surface area contributed by atoms with Crippen molar-refractivity contribution in [1.29, 1.82) is 0 Å². The van der Waals surface area contributed by atoms with E-state index in [-0.39, 0.29) is 5.91 Å². The molecule has 0 saturated carbocycles. The summed E-state index contributed by atoms with van der Waals surface area (Å²) in [5, 5.41) is 2.81. The Morgan fingerprint density at radius 2 is 2.26 bits per heavy atom. The summed E-state index contributed by atoms with van der Waals surface area (Å²) >= 11 is 5.83. The van der Waals surface area contributed by atoms with Gasteiger partial charge in [-0.1, -0.05) is 6.07 Å². The Hall–Kier alpha value is -1.55. The van der Waals surface area contributed by atoms with Crippen LogP contribution in [0, 0.1) is 6.92 Å². The topological polar surface area (TPSA) is 46.9 Å². The molecule has 2 aromatic rings. The fourth-order valence-corrected chi connectivity index (χ4v) is 2.33. The number of alkyl halides is 1. The van der Waals surface area contributed by atoms with Crippen molar-refractivity contribution in [1.82, 2.24) is 14.9 Å². The van der Waals surface area contributed by atoms with Crippen LogP contribution in [0.3, 0.4) is 0 Å². The van der Waals surface area contributed by atoms with Gasteiger partial charge < -0.3 is 9.88 Å². The van der Waals surface area contributed by atoms with Crippen LogP contribution in [-0.2, 0) is 17.8 Å². The molecule has 102 valence electrons. The van der Waals surface area contributed by atoms with Crippen molar-refractivity contribution in [2.45, 2.75) is 26.8 Å². The first-order valence-electron chi connectivity index (χ1n) is 6.38. The number of carbonyl (C=O) groups excluding carboxylic acids is 1. The van der Waals surface area contributed by atoms with Gasteiger partial charge >= 0.3 is 0 Å². The third-order valence-electron chi connectivity index (χ3n) is 3.01. The lowest BCUT2D eigenvalue weighted by Crippen LogP contribution is -2.25. The molecule has 2 rings (SSSR count). The second kappa shape index (κ2) is 6.06. The number of amides is 1. The minimum absolute atomic E-state index is 0.0147. The molecule has 4 nitrogen and oxygen atoms in total. The first-order valence-corrected chi connectivity index (χ1v) is 6.91. The van der Waals surface area contributed by atoms with E-state index < -0.39 is 0 Å². The number of imidazole rings is 1. The summed E-state index contributed by atoms with van der Waals surface area (Å²) in [4.78, 5) is 15.6. The average molecular weight is 280 g/mol. The number of halogens is 1. The molecule has 0 atom stereocenters. The van der Waals surface area contributed by atoms with E-state index >= 15 is 0 Å². The minimum atomic E-state index is -0.0147. The Bertz CT molecular complexity index is 592. The number of aromatic nitrogens is 2. The fraction of sp³-hybridized carbons (Fsp3) is 0.429. The summed E-state index contributed by atoms with van der Waals surface area (Å²) < 4.78 is 2.13. The first kappa shape index (κ1) is 13.9. The Kier molecular flexibility index (Phi) is 4.43. The summed E-state index contributed by atoms with van der Waals surface area (Å²) in [6.07, 6.45) is 0.732. The summed E-state index contributed by atoms with van der Waals surface area (Å²) in [5.74, 6) is 1.50. The number of rotatable bonds is 5. The van der Waals surface area contributed by atoms with E-state index in [4.69, 9.17) is 11.6 Å². The second-order valence-corrected chi connectivity index (χ2v) is 4.97. The van der Waals surface area contributed by atoms with Crippen molar-refractivity contribution in [2.24, 2.45) is 0 Å². The largest absolute Gasteiger partial charge is 0.355 e. The van der Waals surface area contributed by atoms with E-state index in [2.05, 4.69) is 40.0 Å². The van der Waals surface area contributed by atoms with E-state index in [9.17, 15) is 4.79 Å². The Morgan fingerprint density at radius 1 is 1.47 bits per heavy atom. The van der Waals surface area contributed by atoms with Crippen molar-refractivity contribution in [3.05, 3.63) is 29.6 Å². The van der Waals surface area contributed by atoms with Gasteiger partial charge in [-0.05, 0) is 24.6 Å². The van der Waals surface area contributed by atoms with Gasteiger partial charge in [-0.3, -0.25) is 4.79 Å². The SMILES string of the molecule is CC(=O)NCCn1c(CCCl)nc2cc(C)ccc21. The highest BCUT2D eigenvalue weighted by Gasteiger charge is 2.10. The molecule has 0 aliphatic carbocycles. The highest BCUT2D eigenvalue weighted by atomic mass is 35.5. The molecule has 1 aromatic carbocycles. The molecule has 1 aromatic heterocycles. The molecule has 5 heteroatoms. The number of carbonyl (C=O) groups is 1. The molecule has 1 amide bonds. The lowest BCUT2D eigenvalue weighted by Gasteiger charge is -2.09. The van der Waals surface area contributed by atoms with Gasteiger partial charge in [-0.2, -0.15) is 0 Å². The van der Waals surface area contributed by atoms with Gasteiger partial charge in [-0.25, -0.2) is 4.98 Å². The fourth-order valence-electron chi connectivity index (χ4n) is 2.16. The van der Waals surface area contributed by atoms with Crippen LogP contribution in [0.5, 0.6) is 0 Å². The summed E-state index contributed by atoms with van der Waals surface area (Å²) in [5.41, 5.74) is 3.27. The molecule has 0 fully saturated rings. The van der Waals surface area contributed by atoms with Gasteiger partial charge in [0.15, 0.2) is 0 Å². The van der Waals surface area contributed by atoms with Crippen LogP contribution in [0.25, 0.3) is 11.0 Å². The van der Waals surface area contributed by atoms with Gasteiger partial charge in [0.25, 0.3) is 0 Å². The lowest BCUT2D eigenvalue weighted by molar-refractivity contribution is -0.118. The smallest absolute Gasteiger partial charge is 0.216 e. The molecule has 0 radical (unpaired) electrons. The maximum absolute atomic E-state index is 10.9. The van der Waals surface area contributed by atoms with Crippen LogP contribution in [-0.4, -0.2) is 27.9 Å². The highest BCUT2D eigenvalue weighted by molar-refractivity contribution is 6.17. The molecule has 1 heterocycles. The van der Waals surface area contributed by atoms with Crippen LogP contribution >= 0.6 is 11.6 Å². The predicted molar refractivity (Wildman–Crippen MR) is 77.6 cm³/mol. The van der Waals surface area contributed by atoms with Crippen LogP contribution in [0.1, 0.15) is 18.3 Å². The van der Waals surface area contributed by atoms with Crippen LogP contribution in [0.15, 0.2) is 18.2 Å². The third kappa shape index (κ3) is 3.26. The van der Waals surface area contributed by atoms with Gasteiger partial charge in [0.1, 0.15) is 5.82 Å².